The van der Waals surface area contributed by atoms with Crippen LogP contribution in [-0.2, 0) is 21.4 Å². The standard InChI is InChI=1S/C19H27NO3/c1-19(2,3)15-9-6-14(7-10-15)8-11-17(21)20-12-4-5-16(20)13-18(22)23/h6-7,9-10,16H,4-5,8,11-13H2,1-3H3,(H,22,23). The van der Waals surface area contributed by atoms with E-state index in [0.717, 1.165) is 18.4 Å². The zero-order valence-corrected chi connectivity index (χ0v) is 14.3. The van der Waals surface area contributed by atoms with E-state index in [9.17, 15) is 9.59 Å². The number of rotatable bonds is 5. The average Bonchev–Trinajstić information content (AvgIpc) is 2.91. The fourth-order valence-corrected chi connectivity index (χ4v) is 3.14. The van der Waals surface area contributed by atoms with Crippen molar-refractivity contribution in [3.63, 3.8) is 0 Å². The second-order valence-corrected chi connectivity index (χ2v) is 7.43. The summed E-state index contributed by atoms with van der Waals surface area (Å²) in [6.45, 7) is 7.24. The smallest absolute Gasteiger partial charge is 0.305 e. The Bertz CT molecular complexity index is 557. The van der Waals surface area contributed by atoms with Gasteiger partial charge in [-0.15, -0.1) is 0 Å². The molecule has 0 bridgehead atoms. The number of nitrogens with zero attached hydrogens (tertiary/aromatic N) is 1. The van der Waals surface area contributed by atoms with Crippen molar-refractivity contribution >= 4 is 11.9 Å². The second kappa shape index (κ2) is 7.16. The van der Waals surface area contributed by atoms with E-state index in [-0.39, 0.29) is 23.8 Å². The number of hydrogen-bond donors (Lipinski definition) is 1. The van der Waals surface area contributed by atoms with Crippen LogP contribution in [-0.4, -0.2) is 34.5 Å². The molecule has 0 aromatic heterocycles. The molecule has 1 aliphatic rings. The van der Waals surface area contributed by atoms with Crippen molar-refractivity contribution in [3.05, 3.63) is 35.4 Å². The molecule has 4 nitrogen and oxygen atoms in total. The van der Waals surface area contributed by atoms with Gasteiger partial charge >= 0.3 is 5.97 Å². The third-order valence-corrected chi connectivity index (χ3v) is 4.56. The summed E-state index contributed by atoms with van der Waals surface area (Å²) in [6.07, 6.45) is 2.93. The van der Waals surface area contributed by atoms with Gasteiger partial charge in [-0.05, 0) is 35.8 Å². The van der Waals surface area contributed by atoms with Crippen molar-refractivity contribution in [2.45, 2.75) is 64.3 Å². The first-order valence-corrected chi connectivity index (χ1v) is 8.38. The lowest BCUT2D eigenvalue weighted by Crippen LogP contribution is -2.36. The van der Waals surface area contributed by atoms with Crippen LogP contribution in [0.3, 0.4) is 0 Å². The molecule has 1 aromatic carbocycles. The van der Waals surface area contributed by atoms with Crippen LogP contribution in [0.1, 0.15) is 57.6 Å². The van der Waals surface area contributed by atoms with Gasteiger partial charge in [-0.25, -0.2) is 0 Å². The Morgan fingerprint density at radius 3 is 2.43 bits per heavy atom. The van der Waals surface area contributed by atoms with Gasteiger partial charge in [0.15, 0.2) is 0 Å². The fourth-order valence-electron chi connectivity index (χ4n) is 3.14. The minimum atomic E-state index is -0.826. The van der Waals surface area contributed by atoms with E-state index in [1.54, 1.807) is 4.90 Å². The second-order valence-electron chi connectivity index (χ2n) is 7.43. The largest absolute Gasteiger partial charge is 0.481 e. The van der Waals surface area contributed by atoms with Crippen LogP contribution < -0.4 is 0 Å². The molecule has 1 fully saturated rings. The Labute approximate surface area is 138 Å². The van der Waals surface area contributed by atoms with Crippen LogP contribution in [0.25, 0.3) is 0 Å². The van der Waals surface area contributed by atoms with E-state index < -0.39 is 5.97 Å². The third-order valence-electron chi connectivity index (χ3n) is 4.56. The summed E-state index contributed by atoms with van der Waals surface area (Å²) < 4.78 is 0. The molecule has 0 aliphatic carbocycles. The van der Waals surface area contributed by atoms with Crippen LogP contribution in [0.4, 0.5) is 0 Å². The van der Waals surface area contributed by atoms with Crippen molar-refractivity contribution in [1.29, 1.82) is 0 Å². The molecular formula is C19H27NO3. The maximum absolute atomic E-state index is 12.4. The number of aryl methyl sites for hydroxylation is 1. The van der Waals surface area contributed by atoms with Crippen molar-refractivity contribution in [3.8, 4) is 0 Å². The summed E-state index contributed by atoms with van der Waals surface area (Å²) in [7, 11) is 0. The van der Waals surface area contributed by atoms with E-state index in [1.165, 1.54) is 5.56 Å². The Morgan fingerprint density at radius 2 is 1.87 bits per heavy atom. The number of aliphatic carboxylic acids is 1. The minimum absolute atomic E-state index is 0.0615. The molecule has 1 aliphatic heterocycles. The highest BCUT2D eigenvalue weighted by Gasteiger charge is 2.29. The maximum atomic E-state index is 12.4. The number of amides is 1. The van der Waals surface area contributed by atoms with Gasteiger partial charge in [-0.1, -0.05) is 45.0 Å². The SMILES string of the molecule is CC(C)(C)c1ccc(CCC(=O)N2CCCC2CC(=O)O)cc1. The van der Waals surface area contributed by atoms with Crippen molar-refractivity contribution in [2.75, 3.05) is 6.54 Å². The zero-order chi connectivity index (χ0) is 17.0. The number of benzene rings is 1. The topological polar surface area (TPSA) is 57.6 Å². The lowest BCUT2D eigenvalue weighted by molar-refractivity contribution is -0.139. The summed E-state index contributed by atoms with van der Waals surface area (Å²) in [5.74, 6) is -0.749. The van der Waals surface area contributed by atoms with Crippen LogP contribution in [0.5, 0.6) is 0 Å². The molecule has 1 heterocycles. The van der Waals surface area contributed by atoms with Gasteiger partial charge in [-0.2, -0.15) is 0 Å². The van der Waals surface area contributed by atoms with E-state index in [1.807, 2.05) is 0 Å². The zero-order valence-electron chi connectivity index (χ0n) is 14.3. The van der Waals surface area contributed by atoms with E-state index in [4.69, 9.17) is 5.11 Å². The average molecular weight is 317 g/mol. The molecule has 23 heavy (non-hydrogen) atoms. The molecule has 0 saturated carbocycles. The molecule has 0 radical (unpaired) electrons. The summed E-state index contributed by atoms with van der Waals surface area (Å²) in [4.78, 5) is 25.0. The number of carbonyl (C=O) groups is 2. The maximum Gasteiger partial charge on any atom is 0.305 e. The molecule has 126 valence electrons. The Balaban J connectivity index is 1.90. The normalized spacial score (nSPS) is 18.2. The van der Waals surface area contributed by atoms with Gasteiger partial charge in [0.1, 0.15) is 0 Å². The van der Waals surface area contributed by atoms with Gasteiger partial charge in [0.05, 0.1) is 6.42 Å². The highest BCUT2D eigenvalue weighted by atomic mass is 16.4. The first-order valence-electron chi connectivity index (χ1n) is 8.38. The van der Waals surface area contributed by atoms with Crippen molar-refractivity contribution in [2.24, 2.45) is 0 Å². The Morgan fingerprint density at radius 1 is 1.22 bits per heavy atom. The van der Waals surface area contributed by atoms with Crippen molar-refractivity contribution < 1.29 is 14.7 Å². The molecule has 0 spiro atoms. The molecule has 1 atom stereocenters. The Kier molecular flexibility index (Phi) is 5.45. The Hall–Kier alpha value is -1.84. The van der Waals surface area contributed by atoms with Gasteiger partial charge in [0.2, 0.25) is 5.91 Å². The number of likely N-dealkylation sites (tertiary alicyclic amines) is 1. The van der Waals surface area contributed by atoms with Gasteiger partial charge < -0.3 is 10.0 Å². The third kappa shape index (κ3) is 4.81. The number of carboxylic acids is 1. The first kappa shape index (κ1) is 17.5. The molecule has 1 aromatic rings. The minimum Gasteiger partial charge on any atom is -0.481 e. The molecule has 2 rings (SSSR count). The number of carbonyl (C=O) groups excluding carboxylic acids is 1. The summed E-state index contributed by atoms with van der Waals surface area (Å²) in [5.41, 5.74) is 2.57. The fraction of sp³-hybridized carbons (Fsp3) is 0.579. The van der Waals surface area contributed by atoms with Crippen molar-refractivity contribution in [1.82, 2.24) is 4.90 Å². The summed E-state index contributed by atoms with van der Waals surface area (Å²) in [6, 6.07) is 8.31. The quantitative estimate of drug-likeness (QED) is 0.905. The summed E-state index contributed by atoms with van der Waals surface area (Å²) in [5, 5.41) is 8.94. The van der Waals surface area contributed by atoms with Crippen LogP contribution in [0, 0.1) is 0 Å². The first-order chi connectivity index (χ1) is 10.8. The highest BCUT2D eigenvalue weighted by molar-refractivity contribution is 5.78. The molecule has 1 amide bonds. The lowest BCUT2D eigenvalue weighted by Gasteiger charge is -2.23. The predicted molar refractivity (Wildman–Crippen MR) is 90.5 cm³/mol. The highest BCUT2D eigenvalue weighted by Crippen LogP contribution is 2.24. The molecular weight excluding hydrogens is 290 g/mol. The van der Waals surface area contributed by atoms with Gasteiger partial charge in [0, 0.05) is 19.0 Å². The van der Waals surface area contributed by atoms with Crippen LogP contribution in [0.15, 0.2) is 24.3 Å². The molecule has 4 heteroatoms. The number of carboxylic acid groups (broad SMARTS) is 1. The monoisotopic (exact) mass is 317 g/mol. The molecule has 1 unspecified atom stereocenters. The molecule has 1 saturated heterocycles. The van der Waals surface area contributed by atoms with Crippen LogP contribution in [0.2, 0.25) is 0 Å². The van der Waals surface area contributed by atoms with E-state index in [2.05, 4.69) is 45.0 Å². The molecule has 1 N–H and O–H groups in total. The van der Waals surface area contributed by atoms with Gasteiger partial charge in [-0.3, -0.25) is 9.59 Å². The lowest BCUT2D eigenvalue weighted by atomic mass is 9.86. The van der Waals surface area contributed by atoms with Gasteiger partial charge in [0.25, 0.3) is 0 Å². The summed E-state index contributed by atoms with van der Waals surface area (Å²) >= 11 is 0. The van der Waals surface area contributed by atoms with E-state index in [0.29, 0.717) is 19.4 Å². The van der Waals surface area contributed by atoms with Crippen LogP contribution >= 0.6 is 0 Å². The predicted octanol–water partition coefficient (Wildman–Crippen LogP) is 3.38. The number of hydrogen-bond acceptors (Lipinski definition) is 2. The van der Waals surface area contributed by atoms with E-state index >= 15 is 0 Å².